The maximum atomic E-state index is 6.35. The molecule has 0 saturated heterocycles. The summed E-state index contributed by atoms with van der Waals surface area (Å²) in [5.41, 5.74) is 1.32. The molecule has 1 N–H and O–H groups in total. The second-order valence-electron chi connectivity index (χ2n) is 6.16. The number of hydrogen-bond acceptors (Lipinski definition) is 1. The van der Waals surface area contributed by atoms with Gasteiger partial charge in [-0.15, -0.1) is 0 Å². The van der Waals surface area contributed by atoms with E-state index in [0.29, 0.717) is 0 Å². The predicted octanol–water partition coefficient (Wildman–Crippen LogP) is 5.08. The molecule has 20 heavy (non-hydrogen) atoms. The Kier molecular flexibility index (Phi) is 6.89. The van der Waals surface area contributed by atoms with Gasteiger partial charge in [-0.1, -0.05) is 68.8 Å². The van der Waals surface area contributed by atoms with Crippen molar-refractivity contribution >= 4 is 11.6 Å². The molecule has 0 spiro atoms. The van der Waals surface area contributed by atoms with Crippen LogP contribution in [-0.4, -0.2) is 13.1 Å². The van der Waals surface area contributed by atoms with E-state index in [1.807, 2.05) is 12.1 Å². The molecule has 112 valence electrons. The zero-order chi connectivity index (χ0) is 14.2. The second-order valence-corrected chi connectivity index (χ2v) is 6.57. The van der Waals surface area contributed by atoms with E-state index >= 15 is 0 Å². The molecule has 2 heteroatoms. The van der Waals surface area contributed by atoms with Gasteiger partial charge in [0.25, 0.3) is 0 Å². The van der Waals surface area contributed by atoms with Crippen molar-refractivity contribution < 1.29 is 0 Å². The topological polar surface area (TPSA) is 12.0 Å². The van der Waals surface area contributed by atoms with Gasteiger partial charge in [0.2, 0.25) is 0 Å². The average molecular weight is 294 g/mol. The van der Waals surface area contributed by atoms with Gasteiger partial charge in [-0.2, -0.15) is 0 Å². The lowest BCUT2D eigenvalue weighted by Crippen LogP contribution is -2.31. The minimum Gasteiger partial charge on any atom is -0.316 e. The van der Waals surface area contributed by atoms with Crippen molar-refractivity contribution in [2.45, 2.75) is 51.9 Å². The zero-order valence-electron chi connectivity index (χ0n) is 12.7. The summed E-state index contributed by atoms with van der Waals surface area (Å²) in [7, 11) is 0. The maximum absolute atomic E-state index is 6.35. The maximum Gasteiger partial charge on any atom is 0.0438 e. The molecular formula is C18H28ClN. The Hall–Kier alpha value is -0.530. The molecule has 1 nitrogen and oxygen atoms in total. The molecule has 1 saturated carbocycles. The Morgan fingerprint density at radius 1 is 1.20 bits per heavy atom. The monoisotopic (exact) mass is 293 g/mol. The Balaban J connectivity index is 1.99. The first-order valence-corrected chi connectivity index (χ1v) is 8.63. The molecule has 0 aromatic heterocycles. The number of halogens is 1. The van der Waals surface area contributed by atoms with Gasteiger partial charge in [0.15, 0.2) is 0 Å². The fourth-order valence-electron chi connectivity index (χ4n) is 3.42. The summed E-state index contributed by atoms with van der Waals surface area (Å²) in [4.78, 5) is 0. The minimum atomic E-state index is 0.738. The van der Waals surface area contributed by atoms with Crippen molar-refractivity contribution in [3.63, 3.8) is 0 Å². The van der Waals surface area contributed by atoms with Crippen LogP contribution in [0.2, 0.25) is 5.02 Å². The highest BCUT2D eigenvalue weighted by atomic mass is 35.5. The summed E-state index contributed by atoms with van der Waals surface area (Å²) in [5, 5.41) is 4.56. The lowest BCUT2D eigenvalue weighted by atomic mass is 9.77. The van der Waals surface area contributed by atoms with Gasteiger partial charge in [-0.25, -0.2) is 0 Å². The number of rotatable bonds is 7. The van der Waals surface area contributed by atoms with Crippen LogP contribution in [0.15, 0.2) is 24.3 Å². The van der Waals surface area contributed by atoms with Gasteiger partial charge >= 0.3 is 0 Å². The Morgan fingerprint density at radius 3 is 2.65 bits per heavy atom. The van der Waals surface area contributed by atoms with Crippen molar-refractivity contribution in [3.05, 3.63) is 34.9 Å². The molecule has 0 heterocycles. The molecule has 1 aliphatic rings. The molecule has 2 rings (SSSR count). The number of benzene rings is 1. The zero-order valence-corrected chi connectivity index (χ0v) is 13.5. The van der Waals surface area contributed by atoms with E-state index in [0.717, 1.165) is 36.4 Å². The van der Waals surface area contributed by atoms with Crippen LogP contribution in [0, 0.1) is 11.8 Å². The standard InChI is InChI=1S/C18H28ClN/c1-2-12-20-14-17(15-8-4-3-5-9-15)13-16-10-6-7-11-18(16)19/h6-7,10-11,15,17,20H,2-5,8-9,12-14H2,1H3. The van der Waals surface area contributed by atoms with Gasteiger partial charge in [-0.3, -0.25) is 0 Å². The van der Waals surface area contributed by atoms with Gasteiger partial charge < -0.3 is 5.32 Å². The highest BCUT2D eigenvalue weighted by Gasteiger charge is 2.24. The first-order chi connectivity index (χ1) is 9.81. The number of nitrogens with one attached hydrogen (secondary N) is 1. The van der Waals surface area contributed by atoms with Crippen molar-refractivity contribution in [3.8, 4) is 0 Å². The Bertz CT molecular complexity index is 385. The second kappa shape index (κ2) is 8.69. The van der Waals surface area contributed by atoms with Crippen LogP contribution in [0.1, 0.15) is 51.0 Å². The third-order valence-electron chi connectivity index (χ3n) is 4.59. The summed E-state index contributed by atoms with van der Waals surface area (Å²) in [5.74, 6) is 1.62. The number of hydrogen-bond donors (Lipinski definition) is 1. The fourth-order valence-corrected chi connectivity index (χ4v) is 3.63. The van der Waals surface area contributed by atoms with Crippen LogP contribution in [0.25, 0.3) is 0 Å². The van der Waals surface area contributed by atoms with Crippen molar-refractivity contribution in [1.82, 2.24) is 5.32 Å². The largest absolute Gasteiger partial charge is 0.316 e. The van der Waals surface area contributed by atoms with Crippen LogP contribution in [-0.2, 0) is 6.42 Å². The van der Waals surface area contributed by atoms with E-state index in [9.17, 15) is 0 Å². The predicted molar refractivity (Wildman–Crippen MR) is 88.4 cm³/mol. The van der Waals surface area contributed by atoms with Crippen LogP contribution in [0.4, 0.5) is 0 Å². The summed E-state index contributed by atoms with van der Waals surface area (Å²) in [6.45, 7) is 4.51. The van der Waals surface area contributed by atoms with E-state index in [4.69, 9.17) is 11.6 Å². The molecule has 0 bridgehead atoms. The first kappa shape index (κ1) is 15.9. The quantitative estimate of drug-likeness (QED) is 0.691. The summed E-state index contributed by atoms with van der Waals surface area (Å²) in [6, 6.07) is 8.35. The highest BCUT2D eigenvalue weighted by Crippen LogP contribution is 2.32. The molecule has 1 atom stereocenters. The van der Waals surface area contributed by atoms with E-state index in [1.165, 1.54) is 44.1 Å². The van der Waals surface area contributed by atoms with Crippen LogP contribution < -0.4 is 5.32 Å². The molecule has 1 aliphatic carbocycles. The summed E-state index contributed by atoms with van der Waals surface area (Å²) < 4.78 is 0. The molecule has 0 aliphatic heterocycles. The average Bonchev–Trinajstić information content (AvgIpc) is 2.49. The Labute approximate surface area is 129 Å². The van der Waals surface area contributed by atoms with Crippen molar-refractivity contribution in [2.75, 3.05) is 13.1 Å². The van der Waals surface area contributed by atoms with Gasteiger partial charge in [0.1, 0.15) is 0 Å². The van der Waals surface area contributed by atoms with Crippen molar-refractivity contribution in [2.24, 2.45) is 11.8 Å². The smallest absolute Gasteiger partial charge is 0.0438 e. The van der Waals surface area contributed by atoms with Gasteiger partial charge in [0, 0.05) is 5.02 Å². The lowest BCUT2D eigenvalue weighted by Gasteiger charge is -2.31. The molecular weight excluding hydrogens is 266 g/mol. The van der Waals surface area contributed by atoms with E-state index < -0.39 is 0 Å². The lowest BCUT2D eigenvalue weighted by molar-refractivity contribution is 0.240. The molecule has 1 fully saturated rings. The van der Waals surface area contributed by atoms with E-state index in [2.05, 4.69) is 24.4 Å². The summed E-state index contributed by atoms with van der Waals surface area (Å²) >= 11 is 6.35. The molecule has 0 radical (unpaired) electrons. The first-order valence-electron chi connectivity index (χ1n) is 8.25. The van der Waals surface area contributed by atoms with E-state index in [-0.39, 0.29) is 0 Å². The molecule has 1 aromatic carbocycles. The van der Waals surface area contributed by atoms with E-state index in [1.54, 1.807) is 0 Å². The van der Waals surface area contributed by atoms with Crippen LogP contribution in [0.3, 0.4) is 0 Å². The minimum absolute atomic E-state index is 0.738. The molecule has 1 aromatic rings. The Morgan fingerprint density at radius 2 is 1.95 bits per heavy atom. The third kappa shape index (κ3) is 4.79. The van der Waals surface area contributed by atoms with Crippen LogP contribution in [0.5, 0.6) is 0 Å². The van der Waals surface area contributed by atoms with Crippen LogP contribution >= 0.6 is 11.6 Å². The highest BCUT2D eigenvalue weighted by molar-refractivity contribution is 6.31. The van der Waals surface area contributed by atoms with Gasteiger partial charge in [0.05, 0.1) is 0 Å². The normalized spacial score (nSPS) is 18.1. The van der Waals surface area contributed by atoms with Crippen molar-refractivity contribution in [1.29, 1.82) is 0 Å². The van der Waals surface area contributed by atoms with Gasteiger partial charge in [-0.05, 0) is 49.4 Å². The molecule has 0 amide bonds. The molecule has 1 unspecified atom stereocenters. The summed E-state index contributed by atoms with van der Waals surface area (Å²) in [6.07, 6.45) is 9.41. The third-order valence-corrected chi connectivity index (χ3v) is 4.96. The fraction of sp³-hybridized carbons (Fsp3) is 0.667. The SMILES string of the molecule is CCCNCC(Cc1ccccc1Cl)C1CCCCC1.